The Morgan fingerprint density at radius 3 is 2.50 bits per heavy atom. The van der Waals surface area contributed by atoms with Gasteiger partial charge in [-0.2, -0.15) is 0 Å². The summed E-state index contributed by atoms with van der Waals surface area (Å²) >= 11 is 0. The van der Waals surface area contributed by atoms with Gasteiger partial charge in [0, 0.05) is 24.5 Å². The number of benzene rings is 3. The van der Waals surface area contributed by atoms with Crippen molar-refractivity contribution in [3.05, 3.63) is 96.1 Å². The van der Waals surface area contributed by atoms with Crippen molar-refractivity contribution in [2.45, 2.75) is 25.0 Å². The molecule has 5 rings (SSSR count). The van der Waals surface area contributed by atoms with Crippen LogP contribution in [0.1, 0.15) is 24.0 Å². The molecule has 2 heterocycles. The summed E-state index contributed by atoms with van der Waals surface area (Å²) in [6, 6.07) is 29.0. The van der Waals surface area contributed by atoms with Crippen LogP contribution >= 0.6 is 0 Å². The van der Waals surface area contributed by atoms with Gasteiger partial charge in [0.1, 0.15) is 5.60 Å². The maximum Gasteiger partial charge on any atom is 0.213 e. The van der Waals surface area contributed by atoms with Crippen molar-refractivity contribution in [2.75, 3.05) is 20.2 Å². The van der Waals surface area contributed by atoms with Crippen LogP contribution in [0.3, 0.4) is 0 Å². The largest absolute Gasteiger partial charge is 0.481 e. The normalized spacial score (nSPS) is 19.2. The number of methoxy groups -OCH3 is 1. The molecule has 1 atom stereocenters. The summed E-state index contributed by atoms with van der Waals surface area (Å²) in [5, 5.41) is 12.6. The second kappa shape index (κ2) is 8.73. The van der Waals surface area contributed by atoms with E-state index in [1.807, 2.05) is 24.3 Å². The quantitative estimate of drug-likeness (QED) is 0.466. The van der Waals surface area contributed by atoms with E-state index >= 15 is 0 Å². The summed E-state index contributed by atoms with van der Waals surface area (Å²) in [4.78, 5) is 6.85. The average molecular weight is 425 g/mol. The van der Waals surface area contributed by atoms with E-state index in [0.29, 0.717) is 12.4 Å². The molecule has 162 valence electrons. The molecule has 4 heteroatoms. The molecule has 1 fully saturated rings. The highest BCUT2D eigenvalue weighted by Crippen LogP contribution is 2.34. The third-order valence-corrected chi connectivity index (χ3v) is 6.43. The van der Waals surface area contributed by atoms with E-state index in [9.17, 15) is 5.11 Å². The topological polar surface area (TPSA) is 45.6 Å². The lowest BCUT2D eigenvalue weighted by molar-refractivity contribution is -0.0381. The zero-order chi connectivity index (χ0) is 22.0. The van der Waals surface area contributed by atoms with Gasteiger partial charge in [-0.3, -0.25) is 4.90 Å². The third kappa shape index (κ3) is 4.24. The smallest absolute Gasteiger partial charge is 0.213 e. The van der Waals surface area contributed by atoms with Gasteiger partial charge in [0.2, 0.25) is 5.88 Å². The second-order valence-electron chi connectivity index (χ2n) is 8.67. The van der Waals surface area contributed by atoms with Gasteiger partial charge in [0.15, 0.2) is 0 Å². The summed E-state index contributed by atoms with van der Waals surface area (Å²) in [6.45, 7) is 2.55. The van der Waals surface area contributed by atoms with Crippen molar-refractivity contribution in [1.29, 1.82) is 0 Å². The maximum atomic E-state index is 11.5. The maximum absolute atomic E-state index is 11.5. The van der Waals surface area contributed by atoms with Gasteiger partial charge in [0.25, 0.3) is 0 Å². The SMILES string of the molecule is COc1ccc2cc(-c3ccc(C4(O)CCCN(Cc5ccccc5)C4)cc3)ccc2n1. The van der Waals surface area contributed by atoms with Gasteiger partial charge in [-0.25, -0.2) is 4.98 Å². The van der Waals surface area contributed by atoms with Crippen LogP contribution in [0.15, 0.2) is 84.9 Å². The number of aliphatic hydroxyl groups is 1. The molecule has 0 amide bonds. The number of likely N-dealkylation sites (tertiary alicyclic amines) is 1. The number of hydrogen-bond donors (Lipinski definition) is 1. The summed E-state index contributed by atoms with van der Waals surface area (Å²) in [5.74, 6) is 0.622. The van der Waals surface area contributed by atoms with Crippen molar-refractivity contribution in [2.24, 2.45) is 0 Å². The first-order valence-corrected chi connectivity index (χ1v) is 11.2. The molecule has 0 bridgehead atoms. The molecular formula is C28H28N2O2. The van der Waals surface area contributed by atoms with E-state index in [1.54, 1.807) is 7.11 Å². The summed E-state index contributed by atoms with van der Waals surface area (Å²) in [6.07, 6.45) is 1.79. The molecule has 32 heavy (non-hydrogen) atoms. The van der Waals surface area contributed by atoms with Crippen LogP contribution in [0, 0.1) is 0 Å². The molecule has 1 aliphatic heterocycles. The fourth-order valence-corrected chi connectivity index (χ4v) is 4.71. The standard InChI is InChI=1S/C28H28N2O2/c1-32-27-15-11-24-18-23(10-14-26(24)29-27)22-8-12-25(13-9-22)28(31)16-5-17-30(20-28)19-21-6-3-2-4-7-21/h2-4,6-15,18,31H,5,16-17,19-20H2,1H3. The fraction of sp³-hybridized carbons (Fsp3) is 0.250. The minimum Gasteiger partial charge on any atom is -0.481 e. The fourth-order valence-electron chi connectivity index (χ4n) is 4.71. The molecule has 4 aromatic rings. The number of β-amino-alcohol motifs (C(OH)–C–C–N with tert-alkyl or cyclic N) is 1. The number of rotatable bonds is 5. The van der Waals surface area contributed by atoms with Crippen LogP contribution in [0.5, 0.6) is 5.88 Å². The van der Waals surface area contributed by atoms with Crippen LogP contribution in [-0.4, -0.2) is 35.2 Å². The minimum absolute atomic E-state index is 0.622. The summed E-state index contributed by atoms with van der Waals surface area (Å²) in [7, 11) is 1.63. The number of ether oxygens (including phenoxy) is 1. The Bertz CT molecular complexity index is 1210. The molecule has 4 nitrogen and oxygen atoms in total. The molecular weight excluding hydrogens is 396 g/mol. The number of hydrogen-bond acceptors (Lipinski definition) is 4. The number of fused-ring (bicyclic) bond motifs is 1. The third-order valence-electron chi connectivity index (χ3n) is 6.43. The predicted octanol–water partition coefficient (Wildman–Crippen LogP) is 5.39. The molecule has 1 saturated heterocycles. The number of piperidine rings is 1. The Hall–Kier alpha value is -3.21. The van der Waals surface area contributed by atoms with Crippen LogP contribution in [0.4, 0.5) is 0 Å². The van der Waals surface area contributed by atoms with Gasteiger partial charge in [0.05, 0.1) is 12.6 Å². The van der Waals surface area contributed by atoms with E-state index in [1.165, 1.54) is 5.56 Å². The van der Waals surface area contributed by atoms with Gasteiger partial charge >= 0.3 is 0 Å². The Balaban J connectivity index is 1.35. The van der Waals surface area contributed by atoms with E-state index in [0.717, 1.165) is 53.5 Å². The first-order valence-electron chi connectivity index (χ1n) is 11.2. The Morgan fingerprint density at radius 1 is 0.938 bits per heavy atom. The van der Waals surface area contributed by atoms with E-state index in [-0.39, 0.29) is 0 Å². The van der Waals surface area contributed by atoms with E-state index in [2.05, 4.69) is 70.5 Å². The van der Waals surface area contributed by atoms with Gasteiger partial charge in [-0.1, -0.05) is 60.7 Å². The minimum atomic E-state index is -0.810. The monoisotopic (exact) mass is 424 g/mol. The number of pyridine rings is 1. The molecule has 1 aliphatic rings. The van der Waals surface area contributed by atoms with Gasteiger partial charge in [-0.05, 0) is 59.8 Å². The van der Waals surface area contributed by atoms with Crippen LogP contribution in [0.25, 0.3) is 22.0 Å². The molecule has 1 unspecified atom stereocenters. The van der Waals surface area contributed by atoms with Crippen molar-refractivity contribution in [3.63, 3.8) is 0 Å². The highest BCUT2D eigenvalue weighted by Gasteiger charge is 2.34. The first-order chi connectivity index (χ1) is 15.6. The lowest BCUT2D eigenvalue weighted by Crippen LogP contribution is -2.45. The van der Waals surface area contributed by atoms with Crippen molar-refractivity contribution >= 4 is 10.9 Å². The van der Waals surface area contributed by atoms with Crippen LogP contribution in [0.2, 0.25) is 0 Å². The average Bonchev–Trinajstić information content (AvgIpc) is 2.84. The lowest BCUT2D eigenvalue weighted by Gasteiger charge is -2.39. The number of nitrogens with zero attached hydrogens (tertiary/aromatic N) is 2. The molecule has 0 aliphatic carbocycles. The first kappa shape index (κ1) is 20.7. The second-order valence-corrected chi connectivity index (χ2v) is 8.67. The zero-order valence-corrected chi connectivity index (χ0v) is 18.4. The van der Waals surface area contributed by atoms with Gasteiger partial charge in [-0.15, -0.1) is 0 Å². The molecule has 0 radical (unpaired) electrons. The molecule has 3 aromatic carbocycles. The molecule has 0 spiro atoms. The summed E-state index contributed by atoms with van der Waals surface area (Å²) < 4.78 is 5.22. The van der Waals surface area contributed by atoms with E-state index in [4.69, 9.17) is 4.74 Å². The van der Waals surface area contributed by atoms with Crippen molar-refractivity contribution in [1.82, 2.24) is 9.88 Å². The van der Waals surface area contributed by atoms with Crippen molar-refractivity contribution in [3.8, 4) is 17.0 Å². The Labute approximate surface area is 189 Å². The zero-order valence-electron chi connectivity index (χ0n) is 18.4. The molecule has 1 aromatic heterocycles. The van der Waals surface area contributed by atoms with Gasteiger partial charge < -0.3 is 9.84 Å². The Morgan fingerprint density at radius 2 is 1.72 bits per heavy atom. The number of aromatic nitrogens is 1. The van der Waals surface area contributed by atoms with Crippen LogP contribution < -0.4 is 4.74 Å². The summed E-state index contributed by atoms with van der Waals surface area (Å²) in [5.41, 5.74) is 4.65. The highest BCUT2D eigenvalue weighted by molar-refractivity contribution is 5.84. The lowest BCUT2D eigenvalue weighted by atomic mass is 9.85. The molecule has 0 saturated carbocycles. The highest BCUT2D eigenvalue weighted by atomic mass is 16.5. The Kier molecular flexibility index (Phi) is 5.64. The van der Waals surface area contributed by atoms with E-state index < -0.39 is 5.60 Å². The van der Waals surface area contributed by atoms with Crippen LogP contribution in [-0.2, 0) is 12.1 Å². The van der Waals surface area contributed by atoms with Crippen molar-refractivity contribution < 1.29 is 9.84 Å². The molecule has 1 N–H and O–H groups in total. The predicted molar refractivity (Wildman–Crippen MR) is 129 cm³/mol.